The third-order valence-electron chi connectivity index (χ3n) is 6.60. The fourth-order valence-electron chi connectivity index (χ4n) is 5.34. The minimum Gasteiger partial charge on any atom is -0.350 e. The van der Waals surface area contributed by atoms with E-state index in [1.807, 2.05) is 6.92 Å². The molecule has 100 valence electrons. The molecule has 0 radical (unpaired) electrons. The second-order valence-electron chi connectivity index (χ2n) is 7.70. The predicted molar refractivity (Wildman–Crippen MR) is 67.7 cm³/mol. The van der Waals surface area contributed by atoms with Crippen molar-refractivity contribution in [3.63, 3.8) is 0 Å². The van der Waals surface area contributed by atoms with Gasteiger partial charge in [-0.3, -0.25) is 4.79 Å². The summed E-state index contributed by atoms with van der Waals surface area (Å²) >= 11 is 0. The first-order valence-electron chi connectivity index (χ1n) is 7.35. The second-order valence-corrected chi connectivity index (χ2v) is 7.70. The molecule has 3 heteroatoms. The van der Waals surface area contributed by atoms with Crippen LogP contribution in [0.1, 0.15) is 47.0 Å². The minimum atomic E-state index is -0.0846. The number of hydrogen-bond acceptors (Lipinski definition) is 2. The van der Waals surface area contributed by atoms with Gasteiger partial charge in [0.1, 0.15) is 6.23 Å². The van der Waals surface area contributed by atoms with Gasteiger partial charge in [-0.25, -0.2) is 0 Å². The zero-order valence-electron chi connectivity index (χ0n) is 11.8. The number of amides is 1. The van der Waals surface area contributed by atoms with Gasteiger partial charge in [-0.05, 0) is 37.0 Å². The normalized spacial score (nSPS) is 56.1. The second kappa shape index (κ2) is 2.95. The molecular formula is C15H23NO2. The fourth-order valence-corrected chi connectivity index (χ4v) is 5.34. The lowest BCUT2D eigenvalue weighted by Gasteiger charge is -2.65. The molecule has 5 fully saturated rings. The van der Waals surface area contributed by atoms with E-state index < -0.39 is 0 Å². The van der Waals surface area contributed by atoms with Gasteiger partial charge in [-0.2, -0.15) is 0 Å². The largest absolute Gasteiger partial charge is 0.350 e. The Labute approximate surface area is 109 Å². The van der Waals surface area contributed by atoms with Crippen LogP contribution in [0, 0.1) is 23.2 Å². The molecule has 0 aromatic heterocycles. The Morgan fingerprint density at radius 2 is 1.94 bits per heavy atom. The fraction of sp³-hybridized carbons (Fsp3) is 0.933. The molecule has 3 nitrogen and oxygen atoms in total. The van der Waals surface area contributed by atoms with E-state index in [0.29, 0.717) is 23.3 Å². The molecule has 2 saturated heterocycles. The molecule has 0 spiro atoms. The molecule has 0 N–H and O–H groups in total. The van der Waals surface area contributed by atoms with Crippen LogP contribution in [0.2, 0.25) is 0 Å². The molecule has 18 heavy (non-hydrogen) atoms. The van der Waals surface area contributed by atoms with Crippen molar-refractivity contribution in [2.45, 2.75) is 64.8 Å². The van der Waals surface area contributed by atoms with Gasteiger partial charge >= 0.3 is 0 Å². The quantitative estimate of drug-likeness (QED) is 0.660. The summed E-state index contributed by atoms with van der Waals surface area (Å²) in [6, 6.07) is 0.344. The van der Waals surface area contributed by atoms with Crippen LogP contribution in [0.15, 0.2) is 0 Å². The highest BCUT2D eigenvalue weighted by Crippen LogP contribution is 2.67. The molecule has 6 atom stereocenters. The average Bonchev–Trinajstić information content (AvgIpc) is 2.71. The van der Waals surface area contributed by atoms with E-state index in [0.717, 1.165) is 18.8 Å². The van der Waals surface area contributed by atoms with Crippen molar-refractivity contribution < 1.29 is 9.53 Å². The van der Waals surface area contributed by atoms with E-state index in [1.165, 1.54) is 6.42 Å². The highest BCUT2D eigenvalue weighted by molar-refractivity contribution is 5.81. The summed E-state index contributed by atoms with van der Waals surface area (Å²) in [5, 5.41) is 0. The zero-order valence-corrected chi connectivity index (χ0v) is 11.8. The summed E-state index contributed by atoms with van der Waals surface area (Å²) in [6.45, 7) is 9.06. The van der Waals surface area contributed by atoms with Crippen molar-refractivity contribution in [1.29, 1.82) is 0 Å². The molecule has 0 unspecified atom stereocenters. The molecule has 1 amide bonds. The molecule has 2 aliphatic heterocycles. The standard InChI is InChI=1S/C15H23NO2/c1-8-5-12-16(13(8)17)11-7-9-6-10(14(9,2)3)15(11,4)18-12/h8-12H,5-7H2,1-4H3/t8-,9+,10+,11-,12+,15+/m0/s1. The molecule has 0 aromatic rings. The van der Waals surface area contributed by atoms with Crippen molar-refractivity contribution in [2.24, 2.45) is 23.2 Å². The van der Waals surface area contributed by atoms with Crippen molar-refractivity contribution in [3.05, 3.63) is 0 Å². The number of carbonyl (C=O) groups excluding carboxylic acids is 1. The maximum Gasteiger partial charge on any atom is 0.227 e. The van der Waals surface area contributed by atoms with Crippen LogP contribution in [0.3, 0.4) is 0 Å². The lowest BCUT2D eigenvalue weighted by atomic mass is 9.43. The molecular weight excluding hydrogens is 226 g/mol. The first-order valence-corrected chi connectivity index (χ1v) is 7.35. The van der Waals surface area contributed by atoms with E-state index in [1.54, 1.807) is 0 Å². The highest BCUT2D eigenvalue weighted by atomic mass is 16.5. The topological polar surface area (TPSA) is 29.5 Å². The summed E-state index contributed by atoms with van der Waals surface area (Å²) in [6.07, 6.45) is 3.40. The first-order chi connectivity index (χ1) is 8.35. The van der Waals surface area contributed by atoms with Gasteiger partial charge in [0, 0.05) is 12.3 Å². The van der Waals surface area contributed by atoms with Crippen LogP contribution >= 0.6 is 0 Å². The van der Waals surface area contributed by atoms with Crippen molar-refractivity contribution in [3.8, 4) is 0 Å². The lowest BCUT2D eigenvalue weighted by Crippen LogP contribution is -2.67. The number of nitrogens with zero attached hydrogens (tertiary/aromatic N) is 1. The van der Waals surface area contributed by atoms with Gasteiger partial charge in [0.05, 0.1) is 11.6 Å². The van der Waals surface area contributed by atoms with Crippen LogP contribution in [0.4, 0.5) is 0 Å². The Bertz CT molecular complexity index is 432. The summed E-state index contributed by atoms with van der Waals surface area (Å²) < 4.78 is 6.41. The van der Waals surface area contributed by atoms with Crippen molar-refractivity contribution >= 4 is 5.91 Å². The van der Waals surface area contributed by atoms with Crippen LogP contribution in [-0.2, 0) is 9.53 Å². The van der Waals surface area contributed by atoms with Crippen LogP contribution in [0.5, 0.6) is 0 Å². The molecule has 5 aliphatic rings. The van der Waals surface area contributed by atoms with E-state index in [2.05, 4.69) is 25.7 Å². The van der Waals surface area contributed by atoms with Crippen molar-refractivity contribution in [2.75, 3.05) is 0 Å². The average molecular weight is 249 g/mol. The maximum atomic E-state index is 12.3. The number of carbonyl (C=O) groups is 1. The predicted octanol–water partition coefficient (Wildman–Crippen LogP) is 2.40. The molecule has 2 heterocycles. The van der Waals surface area contributed by atoms with Gasteiger partial charge in [0.25, 0.3) is 0 Å². The Morgan fingerprint density at radius 3 is 2.61 bits per heavy atom. The first kappa shape index (κ1) is 11.3. The van der Waals surface area contributed by atoms with Crippen LogP contribution in [0.25, 0.3) is 0 Å². The molecule has 3 saturated carbocycles. The van der Waals surface area contributed by atoms with E-state index in [-0.39, 0.29) is 17.7 Å². The van der Waals surface area contributed by atoms with E-state index >= 15 is 0 Å². The lowest BCUT2D eigenvalue weighted by molar-refractivity contribution is -0.210. The zero-order chi connectivity index (χ0) is 12.9. The number of hydrogen-bond donors (Lipinski definition) is 0. The smallest absolute Gasteiger partial charge is 0.227 e. The molecule has 0 aromatic carbocycles. The summed E-state index contributed by atoms with van der Waals surface area (Å²) in [5.74, 6) is 1.90. The number of fused-ring (bicyclic) bond motifs is 1. The van der Waals surface area contributed by atoms with Gasteiger partial charge in [0.2, 0.25) is 5.91 Å². The van der Waals surface area contributed by atoms with E-state index in [9.17, 15) is 4.79 Å². The summed E-state index contributed by atoms with van der Waals surface area (Å²) in [5.41, 5.74) is 0.318. The Kier molecular flexibility index (Phi) is 1.85. The number of rotatable bonds is 0. The summed E-state index contributed by atoms with van der Waals surface area (Å²) in [7, 11) is 0. The van der Waals surface area contributed by atoms with Crippen LogP contribution < -0.4 is 0 Å². The molecule has 2 bridgehead atoms. The van der Waals surface area contributed by atoms with Gasteiger partial charge < -0.3 is 9.64 Å². The Hall–Kier alpha value is -0.570. The minimum absolute atomic E-state index is 0.0673. The van der Waals surface area contributed by atoms with Crippen molar-refractivity contribution in [1.82, 2.24) is 4.90 Å². The third-order valence-corrected chi connectivity index (χ3v) is 6.60. The maximum absolute atomic E-state index is 12.3. The number of ether oxygens (including phenoxy) is 1. The van der Waals surface area contributed by atoms with E-state index in [4.69, 9.17) is 4.74 Å². The highest BCUT2D eigenvalue weighted by Gasteiger charge is 2.70. The third kappa shape index (κ3) is 1.01. The summed E-state index contributed by atoms with van der Waals surface area (Å²) in [4.78, 5) is 14.4. The Morgan fingerprint density at radius 1 is 1.22 bits per heavy atom. The SMILES string of the molecule is C[C@H]1C[C@H]2O[C@@]3(C)[C@H](C[C@H]4C[C@@H]3C4(C)C)N2C1=O. The molecule has 5 rings (SSSR count). The Balaban J connectivity index is 1.72. The monoisotopic (exact) mass is 249 g/mol. The molecule has 3 aliphatic carbocycles. The van der Waals surface area contributed by atoms with Gasteiger partial charge in [0.15, 0.2) is 0 Å². The van der Waals surface area contributed by atoms with Gasteiger partial charge in [-0.1, -0.05) is 20.8 Å². The van der Waals surface area contributed by atoms with Gasteiger partial charge in [-0.15, -0.1) is 0 Å². The van der Waals surface area contributed by atoms with Crippen LogP contribution in [-0.4, -0.2) is 28.7 Å².